The van der Waals surface area contributed by atoms with Crippen LogP contribution in [0, 0.1) is 0 Å². The lowest BCUT2D eigenvalue weighted by molar-refractivity contribution is 0.0948. The number of benzene rings is 2. The number of aromatic hydroxyl groups is 1. The first-order chi connectivity index (χ1) is 8.66. The number of hydrogen-bond acceptors (Lipinski definition) is 2. The zero-order valence-corrected chi connectivity index (χ0v) is 11.1. The number of hydrogen-bond donors (Lipinski definition) is 2. The molecular weight excluding hydrogens is 294 g/mol. The summed E-state index contributed by atoms with van der Waals surface area (Å²) in [5.74, 6) is -0.290. The number of phenols is 1. The van der Waals surface area contributed by atoms with Crippen LogP contribution in [-0.4, -0.2) is 11.0 Å². The van der Waals surface area contributed by atoms with Crippen LogP contribution in [0.4, 0.5) is 0 Å². The molecule has 0 radical (unpaired) electrons. The summed E-state index contributed by atoms with van der Waals surface area (Å²) in [5, 5.41) is 12.3. The third-order valence-electron chi connectivity index (χ3n) is 2.52. The lowest BCUT2D eigenvalue weighted by Gasteiger charge is -2.06. The molecular formula is C14H12BrNO2. The van der Waals surface area contributed by atoms with Gasteiger partial charge in [-0.15, -0.1) is 0 Å². The molecule has 0 spiro atoms. The highest BCUT2D eigenvalue weighted by atomic mass is 79.9. The van der Waals surface area contributed by atoms with Crippen molar-refractivity contribution >= 4 is 21.8 Å². The van der Waals surface area contributed by atoms with Crippen LogP contribution in [0.5, 0.6) is 5.75 Å². The molecule has 1 amide bonds. The number of para-hydroxylation sites is 1. The average molecular weight is 306 g/mol. The van der Waals surface area contributed by atoms with E-state index in [0.29, 0.717) is 6.54 Å². The van der Waals surface area contributed by atoms with Gasteiger partial charge in [0.1, 0.15) is 5.75 Å². The summed E-state index contributed by atoms with van der Waals surface area (Å²) >= 11 is 3.35. The van der Waals surface area contributed by atoms with E-state index in [2.05, 4.69) is 21.2 Å². The Morgan fingerprint density at radius 1 is 1.11 bits per heavy atom. The molecule has 2 aromatic rings. The van der Waals surface area contributed by atoms with Crippen molar-refractivity contribution in [2.24, 2.45) is 0 Å². The summed E-state index contributed by atoms with van der Waals surface area (Å²) < 4.78 is 0.998. The second kappa shape index (κ2) is 5.69. The minimum Gasteiger partial charge on any atom is -0.507 e. The molecule has 2 aromatic carbocycles. The molecule has 0 aliphatic rings. The van der Waals surface area contributed by atoms with Gasteiger partial charge in [-0.25, -0.2) is 0 Å². The van der Waals surface area contributed by atoms with Crippen molar-refractivity contribution < 1.29 is 9.90 Å². The van der Waals surface area contributed by atoms with Crippen LogP contribution in [0.2, 0.25) is 0 Å². The number of rotatable bonds is 3. The quantitative estimate of drug-likeness (QED) is 0.915. The van der Waals surface area contributed by atoms with E-state index in [1.807, 2.05) is 24.3 Å². The Labute approximate surface area is 114 Å². The predicted molar refractivity (Wildman–Crippen MR) is 73.4 cm³/mol. The molecule has 3 nitrogen and oxygen atoms in total. The lowest BCUT2D eigenvalue weighted by Crippen LogP contribution is -2.22. The van der Waals surface area contributed by atoms with E-state index in [-0.39, 0.29) is 17.2 Å². The molecule has 0 saturated heterocycles. The molecule has 0 bridgehead atoms. The summed E-state index contributed by atoms with van der Waals surface area (Å²) in [6, 6.07) is 14.2. The zero-order valence-electron chi connectivity index (χ0n) is 9.56. The molecule has 92 valence electrons. The SMILES string of the molecule is O=C(NCc1ccc(Br)cc1)c1ccccc1O. The highest BCUT2D eigenvalue weighted by molar-refractivity contribution is 9.10. The van der Waals surface area contributed by atoms with Crippen LogP contribution in [0.25, 0.3) is 0 Å². The summed E-state index contributed by atoms with van der Waals surface area (Å²) in [6.07, 6.45) is 0. The van der Waals surface area contributed by atoms with Crippen LogP contribution in [0.1, 0.15) is 15.9 Å². The standard InChI is InChI=1S/C14H12BrNO2/c15-11-7-5-10(6-8-11)9-16-14(18)12-3-1-2-4-13(12)17/h1-8,17H,9H2,(H,16,18). The first kappa shape index (κ1) is 12.6. The summed E-state index contributed by atoms with van der Waals surface area (Å²) in [6.45, 7) is 0.431. The zero-order chi connectivity index (χ0) is 13.0. The van der Waals surface area contributed by atoms with E-state index in [4.69, 9.17) is 0 Å². The Balaban J connectivity index is 2.01. The van der Waals surface area contributed by atoms with Crippen molar-refractivity contribution in [3.05, 3.63) is 64.1 Å². The average Bonchev–Trinajstić information content (AvgIpc) is 2.38. The maximum Gasteiger partial charge on any atom is 0.255 e. The number of carbonyl (C=O) groups excluding carboxylic acids is 1. The third kappa shape index (κ3) is 3.11. The second-order valence-electron chi connectivity index (χ2n) is 3.83. The van der Waals surface area contributed by atoms with E-state index >= 15 is 0 Å². The number of amides is 1. The van der Waals surface area contributed by atoms with Crippen LogP contribution in [-0.2, 0) is 6.54 Å². The van der Waals surface area contributed by atoms with Crippen LogP contribution in [0.15, 0.2) is 53.0 Å². The maximum atomic E-state index is 11.8. The van der Waals surface area contributed by atoms with Gasteiger partial charge in [-0.2, -0.15) is 0 Å². The van der Waals surface area contributed by atoms with E-state index < -0.39 is 0 Å². The fraction of sp³-hybridized carbons (Fsp3) is 0.0714. The van der Waals surface area contributed by atoms with Crippen molar-refractivity contribution in [3.63, 3.8) is 0 Å². The van der Waals surface area contributed by atoms with Gasteiger partial charge in [0.25, 0.3) is 5.91 Å². The van der Waals surface area contributed by atoms with Crippen molar-refractivity contribution in [2.75, 3.05) is 0 Å². The molecule has 2 rings (SSSR count). The van der Waals surface area contributed by atoms with Crippen LogP contribution in [0.3, 0.4) is 0 Å². The molecule has 0 atom stereocenters. The molecule has 0 saturated carbocycles. The number of phenolic OH excluding ortho intramolecular Hbond substituents is 1. The molecule has 0 unspecified atom stereocenters. The highest BCUT2D eigenvalue weighted by Gasteiger charge is 2.09. The largest absolute Gasteiger partial charge is 0.507 e. The first-order valence-corrected chi connectivity index (χ1v) is 6.27. The topological polar surface area (TPSA) is 49.3 Å². The predicted octanol–water partition coefficient (Wildman–Crippen LogP) is 3.08. The minimum atomic E-state index is -0.281. The number of halogens is 1. The molecule has 0 aliphatic carbocycles. The van der Waals surface area contributed by atoms with Gasteiger partial charge in [0.05, 0.1) is 5.56 Å². The van der Waals surface area contributed by atoms with Gasteiger partial charge >= 0.3 is 0 Å². The number of carbonyl (C=O) groups is 1. The van der Waals surface area contributed by atoms with Crippen LogP contribution < -0.4 is 5.32 Å². The van der Waals surface area contributed by atoms with Gasteiger partial charge in [0.2, 0.25) is 0 Å². The van der Waals surface area contributed by atoms with Gasteiger partial charge in [0.15, 0.2) is 0 Å². The van der Waals surface area contributed by atoms with Gasteiger partial charge in [-0.3, -0.25) is 4.79 Å². The molecule has 0 aromatic heterocycles. The fourth-order valence-electron chi connectivity index (χ4n) is 1.55. The van der Waals surface area contributed by atoms with E-state index in [9.17, 15) is 9.90 Å². The van der Waals surface area contributed by atoms with Crippen LogP contribution >= 0.6 is 15.9 Å². The van der Waals surface area contributed by atoms with Gasteiger partial charge in [-0.05, 0) is 29.8 Å². The Bertz CT molecular complexity index is 552. The molecule has 2 N–H and O–H groups in total. The Kier molecular flexibility index (Phi) is 3.99. The smallest absolute Gasteiger partial charge is 0.255 e. The highest BCUT2D eigenvalue weighted by Crippen LogP contribution is 2.15. The summed E-state index contributed by atoms with van der Waals surface area (Å²) in [7, 11) is 0. The van der Waals surface area contributed by atoms with Crippen molar-refractivity contribution in [2.45, 2.75) is 6.54 Å². The second-order valence-corrected chi connectivity index (χ2v) is 4.74. The van der Waals surface area contributed by atoms with Gasteiger partial charge < -0.3 is 10.4 Å². The molecule has 4 heteroatoms. The van der Waals surface area contributed by atoms with Crippen molar-refractivity contribution in [1.82, 2.24) is 5.32 Å². The monoisotopic (exact) mass is 305 g/mol. The summed E-state index contributed by atoms with van der Waals surface area (Å²) in [4.78, 5) is 11.8. The minimum absolute atomic E-state index is 0.00851. The Hall–Kier alpha value is -1.81. The Morgan fingerprint density at radius 3 is 2.44 bits per heavy atom. The maximum absolute atomic E-state index is 11.8. The lowest BCUT2D eigenvalue weighted by atomic mass is 10.1. The van der Waals surface area contributed by atoms with Crippen molar-refractivity contribution in [3.8, 4) is 5.75 Å². The fourth-order valence-corrected chi connectivity index (χ4v) is 1.81. The van der Waals surface area contributed by atoms with Gasteiger partial charge in [-0.1, -0.05) is 40.2 Å². The van der Waals surface area contributed by atoms with Crippen molar-refractivity contribution in [1.29, 1.82) is 0 Å². The van der Waals surface area contributed by atoms with E-state index in [0.717, 1.165) is 10.0 Å². The molecule has 0 fully saturated rings. The Morgan fingerprint density at radius 2 is 1.78 bits per heavy atom. The first-order valence-electron chi connectivity index (χ1n) is 5.47. The van der Waals surface area contributed by atoms with E-state index in [1.54, 1.807) is 18.2 Å². The molecule has 0 heterocycles. The summed E-state index contributed by atoms with van der Waals surface area (Å²) in [5.41, 5.74) is 1.29. The third-order valence-corrected chi connectivity index (χ3v) is 3.04. The van der Waals surface area contributed by atoms with Gasteiger partial charge in [0, 0.05) is 11.0 Å². The normalized spacial score (nSPS) is 10.1. The number of nitrogens with one attached hydrogen (secondary N) is 1. The van der Waals surface area contributed by atoms with E-state index in [1.165, 1.54) is 6.07 Å². The molecule has 0 aliphatic heterocycles. The molecule has 18 heavy (non-hydrogen) atoms.